The molecule has 0 aliphatic heterocycles. The van der Waals surface area contributed by atoms with Crippen LogP contribution in [-0.2, 0) is 4.79 Å². The molecule has 90 valence electrons. The number of aliphatic carboxylic acids is 1. The van der Waals surface area contributed by atoms with Gasteiger partial charge in [0.15, 0.2) is 0 Å². The van der Waals surface area contributed by atoms with Crippen molar-refractivity contribution in [3.63, 3.8) is 0 Å². The second-order valence-corrected chi connectivity index (χ2v) is 4.87. The van der Waals surface area contributed by atoms with Gasteiger partial charge in [-0.3, -0.25) is 4.79 Å². The molecule has 1 rings (SSSR count). The third-order valence-electron chi connectivity index (χ3n) is 2.49. The van der Waals surface area contributed by atoms with Gasteiger partial charge in [-0.05, 0) is 37.8 Å². The number of carbonyl (C=O) groups is 1. The highest BCUT2D eigenvalue weighted by Gasteiger charge is 2.04. The molecule has 0 saturated carbocycles. The minimum absolute atomic E-state index is 0.292. The summed E-state index contributed by atoms with van der Waals surface area (Å²) < 4.78 is 0. The first-order chi connectivity index (χ1) is 7.70. The lowest BCUT2D eigenvalue weighted by Gasteiger charge is -2.11. The Hall–Kier alpha value is -0.870. The number of unbranched alkanes of at least 4 members (excludes halogenated alkanes) is 2. The van der Waals surface area contributed by atoms with Gasteiger partial charge in [0.1, 0.15) is 0 Å². The van der Waals surface area contributed by atoms with Crippen molar-refractivity contribution in [1.29, 1.82) is 0 Å². The third kappa shape index (κ3) is 5.28. The molecule has 0 bridgehead atoms. The van der Waals surface area contributed by atoms with E-state index >= 15 is 0 Å². The van der Waals surface area contributed by atoms with Crippen molar-refractivity contribution in [1.82, 2.24) is 5.32 Å². The molecule has 0 aliphatic carbocycles. The maximum atomic E-state index is 10.3. The van der Waals surface area contributed by atoms with E-state index in [9.17, 15) is 4.79 Å². The van der Waals surface area contributed by atoms with Crippen LogP contribution in [0, 0.1) is 0 Å². The smallest absolute Gasteiger partial charge is 0.303 e. The molecule has 0 aromatic carbocycles. The highest BCUT2D eigenvalue weighted by molar-refractivity contribution is 7.10. The standard InChI is InChI=1S/C12H19NO2S/c1-10(11-6-5-9-16-11)13-8-4-2-3-7-12(14)15/h5-6,9-10,13H,2-4,7-8H2,1H3,(H,14,15). The average Bonchev–Trinajstić information content (AvgIpc) is 2.75. The van der Waals surface area contributed by atoms with Crippen LogP contribution in [-0.4, -0.2) is 17.6 Å². The minimum atomic E-state index is -0.695. The van der Waals surface area contributed by atoms with E-state index in [2.05, 4.69) is 29.8 Å². The summed E-state index contributed by atoms with van der Waals surface area (Å²) in [5.74, 6) is -0.695. The highest BCUT2D eigenvalue weighted by atomic mass is 32.1. The fourth-order valence-electron chi connectivity index (χ4n) is 1.53. The van der Waals surface area contributed by atoms with Gasteiger partial charge in [0.25, 0.3) is 0 Å². The van der Waals surface area contributed by atoms with Gasteiger partial charge < -0.3 is 10.4 Å². The lowest BCUT2D eigenvalue weighted by atomic mass is 10.2. The molecule has 1 aromatic rings. The summed E-state index contributed by atoms with van der Waals surface area (Å²) in [6.07, 6.45) is 3.10. The number of rotatable bonds is 8. The van der Waals surface area contributed by atoms with Gasteiger partial charge in [-0.25, -0.2) is 0 Å². The molecule has 4 heteroatoms. The van der Waals surface area contributed by atoms with Crippen molar-refractivity contribution < 1.29 is 9.90 Å². The molecule has 0 spiro atoms. The first kappa shape index (κ1) is 13.2. The molecular weight excluding hydrogens is 222 g/mol. The summed E-state index contributed by atoms with van der Waals surface area (Å²) in [7, 11) is 0. The summed E-state index contributed by atoms with van der Waals surface area (Å²) in [5, 5.41) is 14.0. The third-order valence-corrected chi connectivity index (χ3v) is 3.54. The molecule has 3 nitrogen and oxygen atoms in total. The van der Waals surface area contributed by atoms with E-state index in [-0.39, 0.29) is 0 Å². The molecule has 0 amide bonds. The van der Waals surface area contributed by atoms with E-state index in [0.717, 1.165) is 25.8 Å². The largest absolute Gasteiger partial charge is 0.481 e. The fourth-order valence-corrected chi connectivity index (χ4v) is 2.29. The zero-order valence-corrected chi connectivity index (χ0v) is 10.4. The second kappa shape index (κ2) is 7.41. The van der Waals surface area contributed by atoms with Crippen molar-refractivity contribution in [3.8, 4) is 0 Å². The Morgan fingerprint density at radius 2 is 2.31 bits per heavy atom. The molecule has 0 saturated heterocycles. The molecule has 1 unspecified atom stereocenters. The van der Waals surface area contributed by atoms with Crippen LogP contribution in [0.2, 0.25) is 0 Å². The van der Waals surface area contributed by atoms with Gasteiger partial charge in [-0.2, -0.15) is 0 Å². The molecule has 0 fully saturated rings. The molecule has 0 aliphatic rings. The Kier molecular flexibility index (Phi) is 6.11. The van der Waals surface area contributed by atoms with Crippen molar-refractivity contribution in [2.24, 2.45) is 0 Å². The highest BCUT2D eigenvalue weighted by Crippen LogP contribution is 2.17. The normalized spacial score (nSPS) is 12.6. The van der Waals surface area contributed by atoms with Gasteiger partial charge in [0.2, 0.25) is 0 Å². The minimum Gasteiger partial charge on any atom is -0.481 e. The van der Waals surface area contributed by atoms with E-state index in [0.29, 0.717) is 12.5 Å². The van der Waals surface area contributed by atoms with Gasteiger partial charge in [0, 0.05) is 17.3 Å². The van der Waals surface area contributed by atoms with E-state index < -0.39 is 5.97 Å². The van der Waals surface area contributed by atoms with Crippen LogP contribution in [0.25, 0.3) is 0 Å². The topological polar surface area (TPSA) is 49.3 Å². The van der Waals surface area contributed by atoms with Gasteiger partial charge in [-0.15, -0.1) is 11.3 Å². The van der Waals surface area contributed by atoms with Crippen LogP contribution in [0.5, 0.6) is 0 Å². The van der Waals surface area contributed by atoms with E-state index in [1.165, 1.54) is 4.88 Å². The Labute approximate surface area is 100 Å². The number of carboxylic acids is 1. The van der Waals surface area contributed by atoms with Crippen LogP contribution in [0.15, 0.2) is 17.5 Å². The lowest BCUT2D eigenvalue weighted by molar-refractivity contribution is -0.137. The van der Waals surface area contributed by atoms with Crippen molar-refractivity contribution in [3.05, 3.63) is 22.4 Å². The number of hydrogen-bond donors (Lipinski definition) is 2. The quantitative estimate of drug-likeness (QED) is 0.688. The lowest BCUT2D eigenvalue weighted by Crippen LogP contribution is -2.18. The molecule has 16 heavy (non-hydrogen) atoms. The van der Waals surface area contributed by atoms with Crippen LogP contribution in [0.3, 0.4) is 0 Å². The van der Waals surface area contributed by atoms with Gasteiger partial charge in [0.05, 0.1) is 0 Å². The number of carboxylic acid groups (broad SMARTS) is 1. The Morgan fingerprint density at radius 1 is 1.50 bits per heavy atom. The zero-order chi connectivity index (χ0) is 11.8. The monoisotopic (exact) mass is 241 g/mol. The first-order valence-electron chi connectivity index (χ1n) is 5.68. The predicted octanol–water partition coefficient (Wildman–Crippen LogP) is 3.04. The Morgan fingerprint density at radius 3 is 2.94 bits per heavy atom. The van der Waals surface area contributed by atoms with Gasteiger partial charge in [-0.1, -0.05) is 12.5 Å². The van der Waals surface area contributed by atoms with Crippen LogP contribution >= 0.6 is 11.3 Å². The second-order valence-electron chi connectivity index (χ2n) is 3.90. The van der Waals surface area contributed by atoms with E-state index in [4.69, 9.17) is 5.11 Å². The predicted molar refractivity (Wildman–Crippen MR) is 66.8 cm³/mol. The average molecular weight is 241 g/mol. The van der Waals surface area contributed by atoms with Crippen molar-refractivity contribution in [2.45, 2.75) is 38.6 Å². The summed E-state index contributed by atoms with van der Waals surface area (Å²) >= 11 is 1.76. The number of hydrogen-bond acceptors (Lipinski definition) is 3. The molecular formula is C12H19NO2S. The maximum absolute atomic E-state index is 10.3. The molecule has 2 N–H and O–H groups in total. The summed E-state index contributed by atoms with van der Waals surface area (Å²) in [6, 6.07) is 4.59. The van der Waals surface area contributed by atoms with E-state index in [1.54, 1.807) is 11.3 Å². The van der Waals surface area contributed by atoms with Crippen LogP contribution in [0.1, 0.15) is 43.5 Å². The SMILES string of the molecule is CC(NCCCCCC(=O)O)c1cccs1. The molecule has 1 heterocycles. The van der Waals surface area contributed by atoms with E-state index in [1.807, 2.05) is 0 Å². The summed E-state index contributed by atoms with van der Waals surface area (Å²) in [6.45, 7) is 3.11. The molecule has 1 aromatic heterocycles. The summed E-state index contributed by atoms with van der Waals surface area (Å²) in [4.78, 5) is 11.6. The molecule has 0 radical (unpaired) electrons. The Balaban J connectivity index is 2.01. The zero-order valence-electron chi connectivity index (χ0n) is 9.61. The van der Waals surface area contributed by atoms with Gasteiger partial charge >= 0.3 is 5.97 Å². The maximum Gasteiger partial charge on any atom is 0.303 e. The molecule has 1 atom stereocenters. The summed E-state index contributed by atoms with van der Waals surface area (Å²) in [5.41, 5.74) is 0. The fraction of sp³-hybridized carbons (Fsp3) is 0.583. The number of thiophene rings is 1. The Bertz CT molecular complexity index is 298. The first-order valence-corrected chi connectivity index (χ1v) is 6.56. The number of nitrogens with one attached hydrogen (secondary N) is 1. The van der Waals surface area contributed by atoms with Crippen LogP contribution in [0.4, 0.5) is 0 Å². The van der Waals surface area contributed by atoms with Crippen molar-refractivity contribution >= 4 is 17.3 Å². The van der Waals surface area contributed by atoms with Crippen molar-refractivity contribution in [2.75, 3.05) is 6.54 Å². The van der Waals surface area contributed by atoms with Crippen LogP contribution < -0.4 is 5.32 Å².